The maximum Gasteiger partial charge on any atom is 0.249 e. The molecule has 0 N–H and O–H groups in total. The number of fused-ring (bicyclic) bond motifs is 5. The van der Waals surface area contributed by atoms with Crippen molar-refractivity contribution in [2.75, 3.05) is 6.54 Å². The van der Waals surface area contributed by atoms with Crippen LogP contribution in [0, 0.1) is 25.7 Å². The summed E-state index contributed by atoms with van der Waals surface area (Å²) in [7, 11) is -3.77. The van der Waals surface area contributed by atoms with Gasteiger partial charge < -0.3 is 9.09 Å². The van der Waals surface area contributed by atoms with Crippen molar-refractivity contribution in [3.8, 4) is 0 Å². The largest absolute Gasteiger partial charge is 0.360 e. The molecule has 4 bridgehead atoms. The quantitative estimate of drug-likeness (QED) is 0.309. The number of hydrogen-bond acceptors (Lipinski definition) is 6. The van der Waals surface area contributed by atoms with E-state index in [1.54, 1.807) is 18.2 Å². The summed E-state index contributed by atoms with van der Waals surface area (Å²) in [5, 5.41) is 3.97. The fraction of sp³-hybridized carbons (Fsp3) is 0.706. The second kappa shape index (κ2) is 11.0. The van der Waals surface area contributed by atoms with Crippen LogP contribution in [0.4, 0.5) is 0 Å². The van der Waals surface area contributed by atoms with Crippen LogP contribution in [0.3, 0.4) is 0 Å². The van der Waals surface area contributed by atoms with E-state index in [0.29, 0.717) is 36.1 Å². The van der Waals surface area contributed by atoms with Gasteiger partial charge in [0.1, 0.15) is 16.4 Å². The van der Waals surface area contributed by atoms with Crippen LogP contribution in [-0.2, 0) is 10.0 Å². The van der Waals surface area contributed by atoms with E-state index in [1.807, 2.05) is 0 Å². The fourth-order valence-corrected chi connectivity index (χ4v) is 12.2. The molecule has 8 rings (SSSR count). The first kappa shape index (κ1) is 28.3. The molecule has 5 fully saturated rings. The standard InChI is InChI=1S/C34H47N5O3S/c1-22-33(23(2)42-36-22)43(40,41)37-16-8-15-32(37)34-35-30-13-5-6-14-31(30)39(34)29-20-26-11-7-12-27(21-29)38(26)28-18-24-9-3-4-10-25(17-24)19-28/h5-6,13-14,24-29,32H,3-4,7-12,15-21H2,1-2H3/t24-,25+,26-,27+,28+,29-,32-/m1/s1. The first-order valence-electron chi connectivity index (χ1n) is 17.1. The highest BCUT2D eigenvalue weighted by Gasteiger charge is 2.47. The van der Waals surface area contributed by atoms with Crippen LogP contribution in [0.15, 0.2) is 33.7 Å². The Morgan fingerprint density at radius 2 is 1.51 bits per heavy atom. The number of piperidine rings is 2. The number of benzene rings is 1. The summed E-state index contributed by atoms with van der Waals surface area (Å²) in [6, 6.07) is 10.5. The number of rotatable bonds is 5. The van der Waals surface area contributed by atoms with Crippen LogP contribution < -0.4 is 0 Å². The summed E-state index contributed by atoms with van der Waals surface area (Å²) in [6.45, 7) is 3.91. The summed E-state index contributed by atoms with van der Waals surface area (Å²) >= 11 is 0. The van der Waals surface area contributed by atoms with E-state index in [9.17, 15) is 8.42 Å². The molecule has 0 radical (unpaired) electrons. The molecular formula is C34H47N5O3S. The zero-order valence-electron chi connectivity index (χ0n) is 25.8. The molecule has 43 heavy (non-hydrogen) atoms. The Kier molecular flexibility index (Phi) is 7.22. The fourth-order valence-electron chi connectivity index (χ4n) is 10.2. The normalized spacial score (nSPS) is 34.0. The molecule has 3 aromatic rings. The number of para-hydroxylation sites is 2. The van der Waals surface area contributed by atoms with E-state index >= 15 is 0 Å². The Labute approximate surface area is 256 Å². The molecule has 2 aromatic heterocycles. The molecule has 9 heteroatoms. The van der Waals surface area contributed by atoms with Gasteiger partial charge in [0.05, 0.1) is 17.1 Å². The average Bonchev–Trinajstić information content (AvgIpc) is 3.69. The van der Waals surface area contributed by atoms with Gasteiger partial charge in [-0.3, -0.25) is 4.90 Å². The third-order valence-corrected chi connectivity index (χ3v) is 14.0. The second-order valence-electron chi connectivity index (χ2n) is 14.4. The molecule has 2 aliphatic carbocycles. The van der Waals surface area contributed by atoms with Crippen LogP contribution in [0.5, 0.6) is 0 Å². The lowest BCUT2D eigenvalue weighted by molar-refractivity contribution is -0.0422. The zero-order chi connectivity index (χ0) is 29.3. The smallest absolute Gasteiger partial charge is 0.249 e. The minimum absolute atomic E-state index is 0.220. The van der Waals surface area contributed by atoms with Crippen LogP contribution in [0.2, 0.25) is 0 Å². The van der Waals surface area contributed by atoms with Crippen molar-refractivity contribution in [3.05, 3.63) is 41.5 Å². The molecule has 5 heterocycles. The van der Waals surface area contributed by atoms with Crippen molar-refractivity contribution in [3.63, 3.8) is 0 Å². The summed E-state index contributed by atoms with van der Waals surface area (Å²) in [6.07, 6.45) is 17.8. The van der Waals surface area contributed by atoms with Gasteiger partial charge in [0.25, 0.3) is 0 Å². The number of hydrogen-bond donors (Lipinski definition) is 0. The predicted molar refractivity (Wildman–Crippen MR) is 166 cm³/mol. The van der Waals surface area contributed by atoms with Crippen molar-refractivity contribution in [2.45, 2.75) is 139 Å². The van der Waals surface area contributed by atoms with Crippen LogP contribution in [0.1, 0.15) is 119 Å². The highest BCUT2D eigenvalue weighted by molar-refractivity contribution is 7.89. The molecule has 5 aliphatic rings. The third-order valence-electron chi connectivity index (χ3n) is 11.8. The molecule has 3 aliphatic heterocycles. The van der Waals surface area contributed by atoms with Gasteiger partial charge in [0.2, 0.25) is 10.0 Å². The summed E-state index contributed by atoms with van der Waals surface area (Å²) in [4.78, 5) is 8.46. The van der Waals surface area contributed by atoms with Gasteiger partial charge in [0, 0.05) is 30.7 Å². The molecule has 3 saturated heterocycles. The molecule has 0 unspecified atom stereocenters. The highest BCUT2D eigenvalue weighted by Crippen LogP contribution is 2.48. The molecule has 8 nitrogen and oxygen atoms in total. The first-order chi connectivity index (χ1) is 20.9. The van der Waals surface area contributed by atoms with Gasteiger partial charge in [-0.15, -0.1) is 0 Å². The van der Waals surface area contributed by atoms with Gasteiger partial charge in [-0.25, -0.2) is 13.4 Å². The molecule has 7 atom stereocenters. The molecule has 0 amide bonds. The molecule has 2 saturated carbocycles. The minimum Gasteiger partial charge on any atom is -0.360 e. The molecule has 1 aromatic carbocycles. The summed E-state index contributed by atoms with van der Waals surface area (Å²) < 4.78 is 37.7. The Morgan fingerprint density at radius 1 is 0.791 bits per heavy atom. The summed E-state index contributed by atoms with van der Waals surface area (Å²) in [5.74, 6) is 3.15. The SMILES string of the molecule is Cc1noc(C)c1S(=O)(=O)N1CCC[C@@H]1c1nc2ccccc2n1[C@@H]1C[C@H]2CCC[C@@H](C1)N2[C@H]1C[C@@H]2CCCC[C@@H](C2)C1. The van der Waals surface area contributed by atoms with Crippen LogP contribution in [0.25, 0.3) is 11.0 Å². The Hall–Kier alpha value is -2.23. The maximum atomic E-state index is 14.1. The van der Waals surface area contributed by atoms with Crippen molar-refractivity contribution >= 4 is 21.1 Å². The molecule has 0 spiro atoms. The average molecular weight is 606 g/mol. The lowest BCUT2D eigenvalue weighted by Gasteiger charge is -2.54. The van der Waals surface area contributed by atoms with E-state index < -0.39 is 10.0 Å². The number of aromatic nitrogens is 3. The number of imidazole rings is 1. The second-order valence-corrected chi connectivity index (χ2v) is 16.3. The van der Waals surface area contributed by atoms with Gasteiger partial charge >= 0.3 is 0 Å². The Morgan fingerprint density at radius 3 is 2.21 bits per heavy atom. The van der Waals surface area contributed by atoms with Crippen molar-refractivity contribution in [2.24, 2.45) is 11.8 Å². The lowest BCUT2D eigenvalue weighted by atomic mass is 9.73. The zero-order valence-corrected chi connectivity index (χ0v) is 26.6. The first-order valence-corrected chi connectivity index (χ1v) is 18.5. The number of nitrogens with zero attached hydrogens (tertiary/aromatic N) is 5. The number of sulfonamides is 1. The van der Waals surface area contributed by atoms with Gasteiger partial charge in [-0.05, 0) is 95.6 Å². The van der Waals surface area contributed by atoms with E-state index in [2.05, 4.69) is 38.9 Å². The van der Waals surface area contributed by atoms with E-state index in [-0.39, 0.29) is 10.9 Å². The highest BCUT2D eigenvalue weighted by atomic mass is 32.2. The Balaban J connectivity index is 1.14. The summed E-state index contributed by atoms with van der Waals surface area (Å²) in [5.41, 5.74) is 2.56. The minimum atomic E-state index is -3.77. The van der Waals surface area contributed by atoms with Crippen LogP contribution >= 0.6 is 0 Å². The molecule has 232 valence electrons. The Bertz CT molecular complexity index is 1550. The van der Waals surface area contributed by atoms with Gasteiger partial charge in [0.15, 0.2) is 5.76 Å². The topological polar surface area (TPSA) is 84.5 Å². The van der Waals surface area contributed by atoms with Gasteiger partial charge in [-0.1, -0.05) is 49.4 Å². The monoisotopic (exact) mass is 605 g/mol. The predicted octanol–water partition coefficient (Wildman–Crippen LogP) is 7.08. The van der Waals surface area contributed by atoms with E-state index in [1.165, 1.54) is 64.2 Å². The van der Waals surface area contributed by atoms with Crippen LogP contribution in [-0.4, -0.2) is 57.0 Å². The van der Waals surface area contributed by atoms with E-state index in [0.717, 1.165) is 60.4 Å². The van der Waals surface area contributed by atoms with Gasteiger partial charge in [-0.2, -0.15) is 4.31 Å². The van der Waals surface area contributed by atoms with Crippen molar-refractivity contribution in [1.82, 2.24) is 23.9 Å². The molecular weight excluding hydrogens is 558 g/mol. The maximum absolute atomic E-state index is 14.1. The van der Waals surface area contributed by atoms with Crippen molar-refractivity contribution < 1.29 is 12.9 Å². The lowest BCUT2D eigenvalue weighted by Crippen LogP contribution is -2.58. The third kappa shape index (κ3) is 4.80. The van der Waals surface area contributed by atoms with E-state index in [4.69, 9.17) is 9.51 Å². The van der Waals surface area contributed by atoms with Crippen molar-refractivity contribution in [1.29, 1.82) is 0 Å². The number of aryl methyl sites for hydroxylation is 2.